The van der Waals surface area contributed by atoms with E-state index < -0.39 is 0 Å². The van der Waals surface area contributed by atoms with Gasteiger partial charge in [-0.3, -0.25) is 4.90 Å². The van der Waals surface area contributed by atoms with E-state index >= 15 is 0 Å². The number of rotatable bonds is 1. The Bertz CT molecular complexity index is 238. The summed E-state index contributed by atoms with van der Waals surface area (Å²) in [6.45, 7) is 6.72. The van der Waals surface area contributed by atoms with Crippen LogP contribution in [0.3, 0.4) is 0 Å². The van der Waals surface area contributed by atoms with Gasteiger partial charge in [0, 0.05) is 19.1 Å². The van der Waals surface area contributed by atoms with E-state index in [0.29, 0.717) is 5.41 Å². The number of halogens is 1. The SMILES string of the molecule is C1CC2(CCN1)CCC(N1CCOCC1)C2.Cl. The van der Waals surface area contributed by atoms with Gasteiger partial charge >= 0.3 is 0 Å². The summed E-state index contributed by atoms with van der Waals surface area (Å²) in [5, 5.41) is 3.50. The lowest BCUT2D eigenvalue weighted by molar-refractivity contribution is 0.0144. The number of hydrogen-bond acceptors (Lipinski definition) is 3. The lowest BCUT2D eigenvalue weighted by Gasteiger charge is -2.36. The maximum atomic E-state index is 5.44. The van der Waals surface area contributed by atoms with Crippen molar-refractivity contribution >= 4 is 12.4 Å². The number of nitrogens with zero attached hydrogens (tertiary/aromatic N) is 1. The van der Waals surface area contributed by atoms with Crippen molar-refractivity contribution in [2.45, 2.75) is 38.1 Å². The molecule has 2 saturated heterocycles. The summed E-state index contributed by atoms with van der Waals surface area (Å²) in [5.74, 6) is 0. The van der Waals surface area contributed by atoms with E-state index in [0.717, 1.165) is 19.3 Å². The molecule has 1 aliphatic carbocycles. The average molecular weight is 261 g/mol. The van der Waals surface area contributed by atoms with Gasteiger partial charge in [-0.1, -0.05) is 0 Å². The van der Waals surface area contributed by atoms with E-state index in [1.165, 1.54) is 58.3 Å². The molecule has 1 saturated carbocycles. The molecule has 3 aliphatic rings. The first-order chi connectivity index (χ1) is 7.88. The van der Waals surface area contributed by atoms with E-state index in [4.69, 9.17) is 4.74 Å². The third-order valence-corrected chi connectivity index (χ3v) is 4.90. The van der Waals surface area contributed by atoms with Crippen LogP contribution in [0.2, 0.25) is 0 Å². The molecule has 0 amide bonds. The highest BCUT2D eigenvalue weighted by Crippen LogP contribution is 2.46. The minimum atomic E-state index is 0. The maximum Gasteiger partial charge on any atom is 0.0594 e. The van der Waals surface area contributed by atoms with Crippen molar-refractivity contribution in [2.24, 2.45) is 5.41 Å². The van der Waals surface area contributed by atoms with Gasteiger partial charge in [-0.15, -0.1) is 12.4 Å². The van der Waals surface area contributed by atoms with Crippen LogP contribution in [0.15, 0.2) is 0 Å². The van der Waals surface area contributed by atoms with E-state index in [9.17, 15) is 0 Å². The Morgan fingerprint density at radius 3 is 2.47 bits per heavy atom. The molecule has 17 heavy (non-hydrogen) atoms. The van der Waals surface area contributed by atoms with Crippen LogP contribution in [0.1, 0.15) is 32.1 Å². The smallest absolute Gasteiger partial charge is 0.0594 e. The molecular weight excluding hydrogens is 236 g/mol. The van der Waals surface area contributed by atoms with Crippen molar-refractivity contribution in [3.63, 3.8) is 0 Å². The van der Waals surface area contributed by atoms with Crippen molar-refractivity contribution in [3.8, 4) is 0 Å². The predicted molar refractivity (Wildman–Crippen MR) is 71.8 cm³/mol. The van der Waals surface area contributed by atoms with Gasteiger partial charge in [0.25, 0.3) is 0 Å². The zero-order valence-corrected chi connectivity index (χ0v) is 11.4. The third kappa shape index (κ3) is 2.95. The number of nitrogens with one attached hydrogen (secondary N) is 1. The number of morpholine rings is 1. The van der Waals surface area contributed by atoms with Gasteiger partial charge in [0.15, 0.2) is 0 Å². The van der Waals surface area contributed by atoms with E-state index in [2.05, 4.69) is 10.2 Å². The largest absolute Gasteiger partial charge is 0.379 e. The Kier molecular flexibility index (Phi) is 4.70. The van der Waals surface area contributed by atoms with Crippen LogP contribution < -0.4 is 5.32 Å². The molecule has 3 fully saturated rings. The molecule has 0 radical (unpaired) electrons. The molecule has 1 spiro atoms. The predicted octanol–water partition coefficient (Wildman–Crippen LogP) is 1.66. The highest BCUT2D eigenvalue weighted by molar-refractivity contribution is 5.85. The number of ether oxygens (including phenoxy) is 1. The molecule has 0 aromatic heterocycles. The first-order valence-electron chi connectivity index (χ1n) is 6.91. The Balaban J connectivity index is 0.00000108. The second-order valence-electron chi connectivity index (χ2n) is 5.79. The minimum absolute atomic E-state index is 0. The quantitative estimate of drug-likeness (QED) is 0.776. The number of hydrogen-bond donors (Lipinski definition) is 1. The Morgan fingerprint density at radius 2 is 1.76 bits per heavy atom. The first-order valence-corrected chi connectivity index (χ1v) is 6.91. The van der Waals surface area contributed by atoms with Gasteiger partial charge in [0.05, 0.1) is 13.2 Å². The van der Waals surface area contributed by atoms with Gasteiger partial charge in [-0.25, -0.2) is 0 Å². The van der Waals surface area contributed by atoms with E-state index in [-0.39, 0.29) is 12.4 Å². The molecule has 1 atom stereocenters. The van der Waals surface area contributed by atoms with Crippen molar-refractivity contribution in [2.75, 3.05) is 39.4 Å². The molecule has 1 N–H and O–H groups in total. The molecule has 3 rings (SSSR count). The summed E-state index contributed by atoms with van der Waals surface area (Å²) in [6.07, 6.45) is 7.17. The van der Waals surface area contributed by atoms with Crippen molar-refractivity contribution < 1.29 is 4.74 Å². The second-order valence-corrected chi connectivity index (χ2v) is 5.79. The van der Waals surface area contributed by atoms with Crippen LogP contribution in [-0.2, 0) is 4.74 Å². The summed E-state index contributed by atoms with van der Waals surface area (Å²) >= 11 is 0. The monoisotopic (exact) mass is 260 g/mol. The maximum absolute atomic E-state index is 5.44. The lowest BCUT2D eigenvalue weighted by Crippen LogP contribution is -2.43. The fraction of sp³-hybridized carbons (Fsp3) is 1.00. The molecule has 100 valence electrons. The van der Waals surface area contributed by atoms with Crippen molar-refractivity contribution in [1.29, 1.82) is 0 Å². The van der Waals surface area contributed by atoms with Gasteiger partial charge in [0.1, 0.15) is 0 Å². The molecular formula is C13H25ClN2O. The van der Waals surface area contributed by atoms with Crippen LogP contribution in [0, 0.1) is 5.41 Å². The average Bonchev–Trinajstić information content (AvgIpc) is 2.75. The fourth-order valence-electron chi connectivity index (χ4n) is 3.84. The summed E-state index contributed by atoms with van der Waals surface area (Å²) < 4.78 is 5.44. The molecule has 4 heteroatoms. The first kappa shape index (κ1) is 13.6. The zero-order valence-electron chi connectivity index (χ0n) is 10.6. The topological polar surface area (TPSA) is 24.5 Å². The van der Waals surface area contributed by atoms with Crippen LogP contribution in [0.4, 0.5) is 0 Å². The van der Waals surface area contributed by atoms with Gasteiger partial charge in [-0.05, 0) is 50.6 Å². The van der Waals surface area contributed by atoms with Crippen molar-refractivity contribution in [1.82, 2.24) is 10.2 Å². The summed E-state index contributed by atoms with van der Waals surface area (Å²) in [5.41, 5.74) is 0.703. The van der Waals surface area contributed by atoms with Crippen molar-refractivity contribution in [3.05, 3.63) is 0 Å². The Labute approximate surface area is 111 Å². The van der Waals surface area contributed by atoms with Crippen LogP contribution in [0.25, 0.3) is 0 Å². The number of piperidine rings is 1. The second kappa shape index (κ2) is 5.87. The van der Waals surface area contributed by atoms with Gasteiger partial charge in [0.2, 0.25) is 0 Å². The summed E-state index contributed by atoms with van der Waals surface area (Å²) in [7, 11) is 0. The van der Waals surface area contributed by atoms with Crippen LogP contribution in [0.5, 0.6) is 0 Å². The lowest BCUT2D eigenvalue weighted by atomic mass is 9.77. The molecule has 0 aromatic carbocycles. The molecule has 0 aromatic rings. The molecule has 3 nitrogen and oxygen atoms in total. The molecule has 0 bridgehead atoms. The molecule has 2 heterocycles. The summed E-state index contributed by atoms with van der Waals surface area (Å²) in [6, 6.07) is 0.863. The highest BCUT2D eigenvalue weighted by atomic mass is 35.5. The minimum Gasteiger partial charge on any atom is -0.379 e. The fourth-order valence-corrected chi connectivity index (χ4v) is 3.84. The molecule has 1 unspecified atom stereocenters. The van der Waals surface area contributed by atoms with Crippen LogP contribution in [-0.4, -0.2) is 50.3 Å². The zero-order chi connectivity index (χ0) is 10.8. The molecule has 2 aliphatic heterocycles. The van der Waals surface area contributed by atoms with E-state index in [1.807, 2.05) is 0 Å². The highest BCUT2D eigenvalue weighted by Gasteiger charge is 2.41. The standard InChI is InChI=1S/C13H24N2O.ClH/c1-2-13(3-5-14-6-4-13)11-12(1)15-7-9-16-10-8-15;/h12,14H,1-11H2;1H. The van der Waals surface area contributed by atoms with Gasteiger partial charge in [-0.2, -0.15) is 0 Å². The van der Waals surface area contributed by atoms with E-state index in [1.54, 1.807) is 0 Å². The Morgan fingerprint density at radius 1 is 1.06 bits per heavy atom. The van der Waals surface area contributed by atoms with Crippen LogP contribution >= 0.6 is 12.4 Å². The van der Waals surface area contributed by atoms with Gasteiger partial charge < -0.3 is 10.1 Å². The summed E-state index contributed by atoms with van der Waals surface area (Å²) in [4.78, 5) is 2.68. The third-order valence-electron chi connectivity index (χ3n) is 4.90. The Hall–Kier alpha value is 0.170. The normalized spacial score (nSPS) is 33.5.